The Hall–Kier alpha value is -3.00. The summed E-state index contributed by atoms with van der Waals surface area (Å²) in [5.74, 6) is 1.25. The second kappa shape index (κ2) is 8.91. The fourth-order valence-electron chi connectivity index (χ4n) is 2.26. The third-order valence-corrected chi connectivity index (χ3v) is 3.48. The summed E-state index contributed by atoms with van der Waals surface area (Å²) in [7, 11) is 0. The number of benzene rings is 2. The Bertz CT molecular complexity index is 798. The number of hydrogen-bond donors (Lipinski definition) is 4. The molecular weight excluding hydrogens is 361 g/mol. The van der Waals surface area contributed by atoms with Crippen LogP contribution in [0.25, 0.3) is 0 Å². The van der Waals surface area contributed by atoms with E-state index in [0.29, 0.717) is 24.8 Å². The maximum atomic E-state index is 12.9. The fraction of sp³-hybridized carbons (Fsp3) is 0.176. The molecule has 0 bridgehead atoms. The maximum absolute atomic E-state index is 12.9. The Morgan fingerprint density at radius 1 is 1.12 bits per heavy atom. The van der Waals surface area contributed by atoms with Gasteiger partial charge in [-0.1, -0.05) is 18.2 Å². The molecule has 0 saturated heterocycles. The van der Waals surface area contributed by atoms with Crippen LogP contribution in [0.2, 0.25) is 0 Å². The van der Waals surface area contributed by atoms with Crippen LogP contribution in [0.3, 0.4) is 0 Å². The van der Waals surface area contributed by atoms with Gasteiger partial charge in [0.15, 0.2) is 23.4 Å². The summed E-state index contributed by atoms with van der Waals surface area (Å²) in [5, 5.41) is 13.1. The largest absolute Gasteiger partial charge is 0.454 e. The molecule has 0 amide bonds. The van der Waals surface area contributed by atoms with Gasteiger partial charge in [0, 0.05) is 6.54 Å². The molecule has 0 unspecified atom stereocenters. The molecule has 9 heteroatoms. The first-order valence-electron chi connectivity index (χ1n) is 7.62. The highest BCUT2D eigenvalue weighted by Crippen LogP contribution is 2.32. The summed E-state index contributed by atoms with van der Waals surface area (Å²) in [6, 6.07) is 11.7. The van der Waals surface area contributed by atoms with E-state index in [1.807, 2.05) is 18.2 Å². The number of rotatable bonds is 4. The molecule has 3 rings (SSSR count). The lowest BCUT2D eigenvalue weighted by atomic mass is 10.2. The van der Waals surface area contributed by atoms with Gasteiger partial charge >= 0.3 is 0 Å². The van der Waals surface area contributed by atoms with Crippen LogP contribution in [0.15, 0.2) is 47.5 Å². The number of hydrogen-bond acceptors (Lipinski definition) is 4. The topological polar surface area (TPSA) is 105 Å². The molecule has 0 spiro atoms. The Morgan fingerprint density at radius 2 is 1.81 bits per heavy atom. The third kappa shape index (κ3) is 5.25. The zero-order valence-corrected chi connectivity index (χ0v) is 14.6. The van der Waals surface area contributed by atoms with E-state index in [0.717, 1.165) is 16.9 Å². The van der Waals surface area contributed by atoms with Gasteiger partial charge in [0.25, 0.3) is 0 Å². The van der Waals surface area contributed by atoms with Gasteiger partial charge in [0.2, 0.25) is 6.79 Å². The number of guanidine groups is 2. The van der Waals surface area contributed by atoms with Crippen molar-refractivity contribution in [3.8, 4) is 11.5 Å². The first-order valence-corrected chi connectivity index (χ1v) is 7.62. The highest BCUT2D eigenvalue weighted by Gasteiger charge is 2.13. The van der Waals surface area contributed by atoms with Crippen molar-refractivity contribution in [2.45, 2.75) is 13.1 Å². The van der Waals surface area contributed by atoms with Crippen LogP contribution in [0.1, 0.15) is 11.1 Å². The predicted molar refractivity (Wildman–Crippen MR) is 99.2 cm³/mol. The molecule has 2 aromatic carbocycles. The average molecular weight is 380 g/mol. The van der Waals surface area contributed by atoms with Crippen molar-refractivity contribution < 1.29 is 13.9 Å². The molecule has 0 aromatic heterocycles. The standard InChI is InChI=1S/C17H18FN5O2.ClH/c18-13-4-1-11(2-5-13)8-21-17(23-16(19)20)22-9-12-3-6-14-15(7-12)25-10-24-14;/h1-7H,8-10H2,(H5,19,20,21,22,23);1H. The molecule has 26 heavy (non-hydrogen) atoms. The molecule has 0 atom stereocenters. The van der Waals surface area contributed by atoms with Gasteiger partial charge in [-0.25, -0.2) is 9.38 Å². The molecular formula is C17H19ClFN5O2. The normalized spacial score (nSPS) is 12.3. The SMILES string of the molecule is Cl.N=C(N)NC(=NCc1ccc(F)cc1)NCc1ccc2c(c1)OCO2. The van der Waals surface area contributed by atoms with Crippen LogP contribution in [-0.2, 0) is 13.1 Å². The number of aliphatic imine (C=N–C) groups is 1. The summed E-state index contributed by atoms with van der Waals surface area (Å²) in [5.41, 5.74) is 7.19. The molecule has 7 nitrogen and oxygen atoms in total. The van der Waals surface area contributed by atoms with Crippen molar-refractivity contribution in [3.05, 3.63) is 59.4 Å². The molecule has 2 aromatic rings. The van der Waals surface area contributed by atoms with Gasteiger partial charge < -0.3 is 20.5 Å². The predicted octanol–water partition coefficient (Wildman–Crippen LogP) is 2.11. The van der Waals surface area contributed by atoms with E-state index >= 15 is 0 Å². The monoisotopic (exact) mass is 379 g/mol. The molecule has 0 aliphatic carbocycles. The molecule has 0 radical (unpaired) electrons. The van der Waals surface area contributed by atoms with Gasteiger partial charge in [0.05, 0.1) is 6.54 Å². The highest BCUT2D eigenvalue weighted by atomic mass is 35.5. The van der Waals surface area contributed by atoms with Crippen LogP contribution >= 0.6 is 12.4 Å². The van der Waals surface area contributed by atoms with Gasteiger partial charge in [-0.3, -0.25) is 10.7 Å². The molecule has 0 fully saturated rings. The Kier molecular flexibility index (Phi) is 6.62. The van der Waals surface area contributed by atoms with E-state index in [2.05, 4.69) is 15.6 Å². The van der Waals surface area contributed by atoms with E-state index < -0.39 is 0 Å². The number of fused-ring (bicyclic) bond motifs is 1. The highest BCUT2D eigenvalue weighted by molar-refractivity contribution is 5.96. The third-order valence-electron chi connectivity index (χ3n) is 3.48. The van der Waals surface area contributed by atoms with E-state index in [1.54, 1.807) is 12.1 Å². The number of nitrogens with two attached hydrogens (primary N) is 1. The molecule has 138 valence electrons. The summed E-state index contributed by atoms with van der Waals surface area (Å²) in [4.78, 5) is 4.35. The van der Waals surface area contributed by atoms with Crippen molar-refractivity contribution >= 4 is 24.3 Å². The van der Waals surface area contributed by atoms with Gasteiger partial charge in [-0.15, -0.1) is 12.4 Å². The number of ether oxygens (including phenoxy) is 2. The number of nitrogens with zero attached hydrogens (tertiary/aromatic N) is 1. The van der Waals surface area contributed by atoms with Crippen LogP contribution in [-0.4, -0.2) is 18.7 Å². The van der Waals surface area contributed by atoms with Gasteiger partial charge in [-0.2, -0.15) is 0 Å². The van der Waals surface area contributed by atoms with Gasteiger partial charge in [-0.05, 0) is 35.4 Å². The average Bonchev–Trinajstić information content (AvgIpc) is 3.06. The number of nitrogens with one attached hydrogen (secondary N) is 3. The summed E-state index contributed by atoms with van der Waals surface area (Å²) >= 11 is 0. The minimum Gasteiger partial charge on any atom is -0.454 e. The van der Waals surface area contributed by atoms with Crippen LogP contribution < -0.4 is 25.8 Å². The van der Waals surface area contributed by atoms with Crippen molar-refractivity contribution in [1.82, 2.24) is 10.6 Å². The van der Waals surface area contributed by atoms with Gasteiger partial charge in [0.1, 0.15) is 5.82 Å². The Balaban J connectivity index is 0.00000243. The van der Waals surface area contributed by atoms with Crippen LogP contribution in [0.5, 0.6) is 11.5 Å². The molecule has 0 saturated carbocycles. The van der Waals surface area contributed by atoms with Crippen molar-refractivity contribution in [3.63, 3.8) is 0 Å². The quantitative estimate of drug-likeness (QED) is 0.481. The van der Waals surface area contributed by atoms with E-state index in [1.165, 1.54) is 12.1 Å². The van der Waals surface area contributed by atoms with Crippen molar-refractivity contribution in [1.29, 1.82) is 5.41 Å². The van der Waals surface area contributed by atoms with E-state index in [9.17, 15) is 4.39 Å². The second-order valence-corrected chi connectivity index (χ2v) is 5.37. The van der Waals surface area contributed by atoms with Crippen molar-refractivity contribution in [2.24, 2.45) is 10.7 Å². The zero-order valence-electron chi connectivity index (χ0n) is 13.8. The second-order valence-electron chi connectivity index (χ2n) is 5.37. The first-order chi connectivity index (χ1) is 12.1. The lowest BCUT2D eigenvalue weighted by Gasteiger charge is -2.12. The zero-order chi connectivity index (χ0) is 17.6. The molecule has 5 N–H and O–H groups in total. The van der Waals surface area contributed by atoms with Crippen LogP contribution in [0.4, 0.5) is 4.39 Å². The van der Waals surface area contributed by atoms with Crippen molar-refractivity contribution in [2.75, 3.05) is 6.79 Å². The fourth-order valence-corrected chi connectivity index (χ4v) is 2.26. The Morgan fingerprint density at radius 3 is 2.54 bits per heavy atom. The minimum absolute atomic E-state index is 0. The summed E-state index contributed by atoms with van der Waals surface area (Å²) in [6.45, 7) is 1.01. The lowest BCUT2D eigenvalue weighted by molar-refractivity contribution is 0.174. The van der Waals surface area contributed by atoms with Crippen LogP contribution in [0, 0.1) is 11.2 Å². The van der Waals surface area contributed by atoms with E-state index in [-0.39, 0.29) is 31.0 Å². The summed E-state index contributed by atoms with van der Waals surface area (Å²) in [6.07, 6.45) is 0. The first kappa shape index (κ1) is 19.3. The minimum atomic E-state index is -0.296. The number of halogens is 2. The van der Waals surface area contributed by atoms with E-state index in [4.69, 9.17) is 20.6 Å². The Labute approximate surface area is 156 Å². The molecule has 1 aliphatic heterocycles. The lowest BCUT2D eigenvalue weighted by Crippen LogP contribution is -2.43. The molecule has 1 aliphatic rings. The summed E-state index contributed by atoms with van der Waals surface area (Å²) < 4.78 is 23.6. The smallest absolute Gasteiger partial charge is 0.231 e. The maximum Gasteiger partial charge on any atom is 0.231 e. The molecule has 1 heterocycles.